The second kappa shape index (κ2) is 20.4. The maximum absolute atomic E-state index is 14.4. The fraction of sp³-hybridized carbons (Fsp3) is 0.417. The van der Waals surface area contributed by atoms with E-state index >= 15 is 0 Å². The molecule has 284 valence electrons. The van der Waals surface area contributed by atoms with Crippen molar-refractivity contribution in [3.8, 4) is 5.75 Å². The molecular formula is C36H46Cl2N4O9S. The van der Waals surface area contributed by atoms with Crippen LogP contribution in [-0.4, -0.2) is 99.1 Å². The number of amides is 3. The third-order valence-electron chi connectivity index (χ3n) is 7.93. The minimum atomic E-state index is -4.41. The standard InChI is InChI=1S/C36H46Cl2N4O9S/c1-6-50-33(51-7-2)23-41(24(3)4)35(44)29(19-25-13-15-27(37)16-14-25)40-34(43)30(42(36(45)46)22-26-11-9-8-10-12-26)21-39-52(47,48)32-20-28(38)17-18-31(32)49-5/h8-18,20,24,29-30,33,39H,6-7,19,21-23H2,1-5H3,(H,40,43)(H,45,46). The monoisotopic (exact) mass is 780 g/mol. The summed E-state index contributed by atoms with van der Waals surface area (Å²) >= 11 is 12.2. The maximum Gasteiger partial charge on any atom is 0.408 e. The Morgan fingerprint density at radius 2 is 1.48 bits per heavy atom. The Hall–Kier alpha value is -3.92. The lowest BCUT2D eigenvalue weighted by Gasteiger charge is -2.35. The third-order valence-corrected chi connectivity index (χ3v) is 9.86. The van der Waals surface area contributed by atoms with Gasteiger partial charge in [-0.3, -0.25) is 14.5 Å². The van der Waals surface area contributed by atoms with Gasteiger partial charge in [0.15, 0.2) is 6.29 Å². The normalized spacial score (nSPS) is 12.7. The lowest BCUT2D eigenvalue weighted by atomic mass is 10.0. The van der Waals surface area contributed by atoms with Crippen LogP contribution in [0, 0.1) is 0 Å². The molecular weight excluding hydrogens is 735 g/mol. The number of hydrogen-bond acceptors (Lipinski definition) is 8. The summed E-state index contributed by atoms with van der Waals surface area (Å²) in [5, 5.41) is 13.7. The van der Waals surface area contributed by atoms with Crippen LogP contribution in [0.1, 0.15) is 38.8 Å². The molecule has 3 aromatic carbocycles. The van der Waals surface area contributed by atoms with Crippen LogP contribution in [0.3, 0.4) is 0 Å². The van der Waals surface area contributed by atoms with Gasteiger partial charge in [-0.05, 0) is 69.2 Å². The fourth-order valence-electron chi connectivity index (χ4n) is 5.33. The molecule has 0 heterocycles. The van der Waals surface area contributed by atoms with E-state index < -0.39 is 52.8 Å². The number of carboxylic acid groups (broad SMARTS) is 1. The number of hydrogen-bond donors (Lipinski definition) is 3. The first-order chi connectivity index (χ1) is 24.7. The van der Waals surface area contributed by atoms with E-state index in [1.54, 1.807) is 68.4 Å². The van der Waals surface area contributed by atoms with E-state index in [0.717, 1.165) is 4.90 Å². The highest BCUT2D eigenvalue weighted by Crippen LogP contribution is 2.27. The molecule has 0 aliphatic carbocycles. The van der Waals surface area contributed by atoms with Crippen molar-refractivity contribution in [2.45, 2.75) is 70.0 Å². The highest BCUT2D eigenvalue weighted by Gasteiger charge is 2.36. The first-order valence-corrected chi connectivity index (χ1v) is 18.9. The molecule has 0 fully saturated rings. The molecule has 0 radical (unpaired) electrons. The van der Waals surface area contributed by atoms with Gasteiger partial charge in [0.2, 0.25) is 21.8 Å². The van der Waals surface area contributed by atoms with Crippen LogP contribution in [0.5, 0.6) is 5.75 Å². The molecule has 2 unspecified atom stereocenters. The van der Waals surface area contributed by atoms with E-state index in [2.05, 4.69) is 10.0 Å². The van der Waals surface area contributed by atoms with Crippen molar-refractivity contribution < 1.29 is 42.1 Å². The van der Waals surface area contributed by atoms with Crippen molar-refractivity contribution in [1.82, 2.24) is 19.8 Å². The summed E-state index contributed by atoms with van der Waals surface area (Å²) in [6.07, 6.45) is -2.24. The second-order valence-corrected chi connectivity index (χ2v) is 14.5. The Labute approximate surface area is 315 Å². The van der Waals surface area contributed by atoms with Crippen molar-refractivity contribution in [1.29, 1.82) is 0 Å². The number of ether oxygens (including phenoxy) is 3. The number of nitrogens with zero attached hydrogens (tertiary/aromatic N) is 2. The molecule has 3 N–H and O–H groups in total. The molecule has 16 heteroatoms. The predicted octanol–water partition coefficient (Wildman–Crippen LogP) is 5.19. The lowest BCUT2D eigenvalue weighted by molar-refractivity contribution is -0.163. The number of nitrogens with one attached hydrogen (secondary N) is 2. The second-order valence-electron chi connectivity index (χ2n) is 11.9. The van der Waals surface area contributed by atoms with Gasteiger partial charge in [0.25, 0.3) is 0 Å². The number of benzene rings is 3. The van der Waals surface area contributed by atoms with Gasteiger partial charge in [-0.1, -0.05) is 65.7 Å². The number of carbonyl (C=O) groups excluding carboxylic acids is 2. The van der Waals surface area contributed by atoms with E-state index in [0.29, 0.717) is 29.4 Å². The molecule has 52 heavy (non-hydrogen) atoms. The van der Waals surface area contributed by atoms with Gasteiger partial charge in [0, 0.05) is 48.8 Å². The molecule has 0 aliphatic rings. The highest BCUT2D eigenvalue weighted by atomic mass is 35.5. The van der Waals surface area contributed by atoms with Gasteiger partial charge in [0.1, 0.15) is 22.7 Å². The molecule has 0 saturated carbocycles. The minimum absolute atomic E-state index is 0.00279. The predicted molar refractivity (Wildman–Crippen MR) is 198 cm³/mol. The smallest absolute Gasteiger partial charge is 0.408 e. The van der Waals surface area contributed by atoms with Crippen LogP contribution in [0.4, 0.5) is 4.79 Å². The number of methoxy groups -OCH3 is 1. The summed E-state index contributed by atoms with van der Waals surface area (Å²) in [5.74, 6) is -1.42. The van der Waals surface area contributed by atoms with Crippen molar-refractivity contribution in [3.63, 3.8) is 0 Å². The average Bonchev–Trinajstić information content (AvgIpc) is 3.10. The third kappa shape index (κ3) is 12.3. The summed E-state index contributed by atoms with van der Waals surface area (Å²) in [6.45, 7) is 6.97. The van der Waals surface area contributed by atoms with Gasteiger partial charge in [-0.25, -0.2) is 17.9 Å². The van der Waals surface area contributed by atoms with E-state index in [-0.39, 0.29) is 41.2 Å². The van der Waals surface area contributed by atoms with Crippen molar-refractivity contribution in [2.75, 3.05) is 33.4 Å². The quantitative estimate of drug-likeness (QED) is 0.131. The Kier molecular flexibility index (Phi) is 16.6. The fourth-order valence-corrected chi connectivity index (χ4v) is 6.92. The summed E-state index contributed by atoms with van der Waals surface area (Å²) in [4.78, 5) is 43.5. The topological polar surface area (TPSA) is 164 Å². The molecule has 13 nitrogen and oxygen atoms in total. The number of halogens is 2. The van der Waals surface area contributed by atoms with Gasteiger partial charge in [-0.15, -0.1) is 0 Å². The van der Waals surface area contributed by atoms with E-state index in [9.17, 15) is 27.9 Å². The Bertz CT molecular complexity index is 1730. The van der Waals surface area contributed by atoms with E-state index in [4.69, 9.17) is 37.4 Å². The van der Waals surface area contributed by atoms with Gasteiger partial charge >= 0.3 is 6.09 Å². The Morgan fingerprint density at radius 3 is 2.04 bits per heavy atom. The first kappa shape index (κ1) is 42.5. The summed E-state index contributed by atoms with van der Waals surface area (Å²) in [7, 11) is -3.12. The van der Waals surface area contributed by atoms with Crippen LogP contribution >= 0.6 is 23.2 Å². The SMILES string of the molecule is CCOC(CN(C(=O)C(Cc1ccc(Cl)cc1)NC(=O)C(CNS(=O)(=O)c1cc(Cl)ccc1OC)N(Cc1ccccc1)C(=O)O)C(C)C)OCC. The van der Waals surface area contributed by atoms with Gasteiger partial charge < -0.3 is 29.5 Å². The number of rotatable bonds is 20. The highest BCUT2D eigenvalue weighted by molar-refractivity contribution is 7.89. The molecule has 0 aromatic heterocycles. The molecule has 3 amide bonds. The Morgan fingerprint density at radius 1 is 0.865 bits per heavy atom. The molecule has 0 aliphatic heterocycles. The molecule has 0 spiro atoms. The average molecular weight is 782 g/mol. The van der Waals surface area contributed by atoms with Crippen LogP contribution in [0.25, 0.3) is 0 Å². The maximum atomic E-state index is 14.4. The molecule has 3 aromatic rings. The lowest BCUT2D eigenvalue weighted by Crippen LogP contribution is -2.59. The van der Waals surface area contributed by atoms with E-state index in [1.165, 1.54) is 30.2 Å². The van der Waals surface area contributed by atoms with Crippen LogP contribution < -0.4 is 14.8 Å². The zero-order valence-electron chi connectivity index (χ0n) is 29.8. The number of sulfonamides is 1. The molecule has 3 rings (SSSR count). The molecule has 0 bridgehead atoms. The van der Waals surface area contributed by atoms with Crippen molar-refractivity contribution in [2.24, 2.45) is 0 Å². The minimum Gasteiger partial charge on any atom is -0.495 e. The number of carbonyl (C=O) groups is 3. The van der Waals surface area contributed by atoms with Crippen LogP contribution in [0.15, 0.2) is 77.7 Å². The largest absolute Gasteiger partial charge is 0.495 e. The zero-order valence-corrected chi connectivity index (χ0v) is 32.1. The van der Waals surface area contributed by atoms with Crippen LogP contribution in [0.2, 0.25) is 10.0 Å². The first-order valence-electron chi connectivity index (χ1n) is 16.7. The molecule has 2 atom stereocenters. The molecule has 0 saturated heterocycles. The van der Waals surface area contributed by atoms with E-state index in [1.807, 2.05) is 13.8 Å². The Balaban J connectivity index is 2.06. The van der Waals surface area contributed by atoms with Gasteiger partial charge in [0.05, 0.1) is 13.7 Å². The van der Waals surface area contributed by atoms with Gasteiger partial charge in [-0.2, -0.15) is 0 Å². The van der Waals surface area contributed by atoms with Crippen LogP contribution in [-0.2, 0) is 42.1 Å². The summed E-state index contributed by atoms with van der Waals surface area (Å²) in [5.41, 5.74) is 1.20. The summed E-state index contributed by atoms with van der Waals surface area (Å²) < 4.78 is 46.1. The zero-order chi connectivity index (χ0) is 38.4. The van der Waals surface area contributed by atoms with Crippen molar-refractivity contribution >= 4 is 51.1 Å². The summed E-state index contributed by atoms with van der Waals surface area (Å²) in [6, 6.07) is 16.0. The van der Waals surface area contributed by atoms with Crippen molar-refractivity contribution in [3.05, 3.63) is 94.0 Å².